The zero-order chi connectivity index (χ0) is 13.2. The smallest absolute Gasteiger partial charge is 0.127 e. The Hall–Kier alpha value is -1.26. The fraction of sp³-hybridized carbons (Fsp3) is 0.600. The Bertz CT molecular complexity index is 449. The van der Waals surface area contributed by atoms with Gasteiger partial charge in [0.05, 0.1) is 26.4 Å². The second-order valence-corrected chi connectivity index (χ2v) is 5.27. The molecule has 2 heterocycles. The topological polar surface area (TPSA) is 39.7 Å². The Morgan fingerprint density at radius 1 is 1.26 bits per heavy atom. The van der Waals surface area contributed by atoms with Crippen LogP contribution in [0.1, 0.15) is 24.8 Å². The van der Waals surface area contributed by atoms with E-state index in [1.54, 1.807) is 14.2 Å². The molecule has 4 heteroatoms. The molecule has 3 unspecified atom stereocenters. The third kappa shape index (κ3) is 2.55. The molecule has 2 aliphatic rings. The summed E-state index contributed by atoms with van der Waals surface area (Å²) in [6.45, 7) is 0.810. The predicted octanol–water partition coefficient (Wildman–Crippen LogP) is 2.11. The van der Waals surface area contributed by atoms with Crippen LogP contribution in [0.15, 0.2) is 18.2 Å². The first-order valence-electron chi connectivity index (χ1n) is 6.90. The molecular weight excluding hydrogens is 242 g/mol. The summed E-state index contributed by atoms with van der Waals surface area (Å²) in [5, 5.41) is 3.60. The van der Waals surface area contributed by atoms with Crippen LogP contribution in [0.4, 0.5) is 0 Å². The van der Waals surface area contributed by atoms with Crippen molar-refractivity contribution in [3.8, 4) is 11.5 Å². The Balaban J connectivity index is 1.63. The Kier molecular flexibility index (Phi) is 3.62. The van der Waals surface area contributed by atoms with Gasteiger partial charge >= 0.3 is 0 Å². The van der Waals surface area contributed by atoms with Crippen LogP contribution in [0.2, 0.25) is 0 Å². The quantitative estimate of drug-likeness (QED) is 0.883. The molecule has 1 N–H and O–H groups in total. The van der Waals surface area contributed by atoms with Gasteiger partial charge in [0.1, 0.15) is 11.5 Å². The van der Waals surface area contributed by atoms with Crippen molar-refractivity contribution in [1.29, 1.82) is 0 Å². The van der Waals surface area contributed by atoms with Crippen molar-refractivity contribution in [2.75, 3.05) is 14.2 Å². The number of nitrogens with one attached hydrogen (secondary N) is 1. The molecule has 0 amide bonds. The van der Waals surface area contributed by atoms with E-state index in [2.05, 4.69) is 11.4 Å². The standard InChI is InChI=1S/C15H21NO3/c1-17-11-4-3-10(15(8-11)18-2)9-16-13-7-12-5-6-14(13)19-12/h3-4,8,12-14,16H,5-7,9H2,1-2H3. The van der Waals surface area contributed by atoms with Crippen molar-refractivity contribution in [3.63, 3.8) is 0 Å². The number of fused-ring (bicyclic) bond motifs is 2. The number of rotatable bonds is 5. The second kappa shape index (κ2) is 5.39. The molecule has 2 fully saturated rings. The van der Waals surface area contributed by atoms with Gasteiger partial charge in [0.15, 0.2) is 0 Å². The molecule has 1 aromatic rings. The van der Waals surface area contributed by atoms with Crippen LogP contribution >= 0.6 is 0 Å². The lowest BCUT2D eigenvalue weighted by Crippen LogP contribution is -2.37. The van der Waals surface area contributed by atoms with Gasteiger partial charge in [-0.15, -0.1) is 0 Å². The summed E-state index contributed by atoms with van der Waals surface area (Å²) < 4.78 is 16.5. The molecule has 0 aliphatic carbocycles. The highest BCUT2D eigenvalue weighted by Crippen LogP contribution is 2.34. The molecule has 2 saturated heterocycles. The first-order chi connectivity index (χ1) is 9.30. The maximum atomic E-state index is 5.85. The van der Waals surface area contributed by atoms with Gasteiger partial charge in [-0.3, -0.25) is 0 Å². The van der Waals surface area contributed by atoms with E-state index in [4.69, 9.17) is 14.2 Å². The average Bonchev–Trinajstić information content (AvgIpc) is 3.07. The maximum Gasteiger partial charge on any atom is 0.127 e. The molecule has 0 aromatic heterocycles. The molecule has 3 atom stereocenters. The molecule has 104 valence electrons. The number of hydrogen-bond acceptors (Lipinski definition) is 4. The molecule has 4 nitrogen and oxygen atoms in total. The highest BCUT2D eigenvalue weighted by molar-refractivity contribution is 5.40. The first kappa shape index (κ1) is 12.8. The third-order valence-electron chi connectivity index (χ3n) is 4.15. The van der Waals surface area contributed by atoms with Gasteiger partial charge in [-0.05, 0) is 25.3 Å². The van der Waals surface area contributed by atoms with Crippen molar-refractivity contribution in [1.82, 2.24) is 5.32 Å². The Morgan fingerprint density at radius 2 is 2.16 bits per heavy atom. The molecule has 0 spiro atoms. The minimum atomic E-state index is 0.411. The minimum absolute atomic E-state index is 0.411. The lowest BCUT2D eigenvalue weighted by Gasteiger charge is -2.21. The van der Waals surface area contributed by atoms with Crippen molar-refractivity contribution in [2.45, 2.75) is 44.1 Å². The summed E-state index contributed by atoms with van der Waals surface area (Å²) in [6, 6.07) is 6.44. The number of methoxy groups -OCH3 is 2. The van der Waals surface area contributed by atoms with E-state index in [9.17, 15) is 0 Å². The fourth-order valence-electron chi connectivity index (χ4n) is 3.09. The van der Waals surface area contributed by atoms with Crippen molar-refractivity contribution < 1.29 is 14.2 Å². The SMILES string of the molecule is COc1ccc(CNC2CC3CCC2O3)c(OC)c1. The zero-order valence-corrected chi connectivity index (χ0v) is 11.5. The summed E-state index contributed by atoms with van der Waals surface area (Å²) in [7, 11) is 3.36. The molecule has 0 radical (unpaired) electrons. The molecule has 3 rings (SSSR count). The van der Waals surface area contributed by atoms with Crippen LogP contribution in [0, 0.1) is 0 Å². The lowest BCUT2D eigenvalue weighted by molar-refractivity contribution is 0.0972. The maximum absolute atomic E-state index is 5.85. The molecule has 0 saturated carbocycles. The van der Waals surface area contributed by atoms with E-state index in [-0.39, 0.29) is 0 Å². The first-order valence-corrected chi connectivity index (χ1v) is 6.90. The van der Waals surface area contributed by atoms with Crippen molar-refractivity contribution in [2.24, 2.45) is 0 Å². The molecule has 2 bridgehead atoms. The van der Waals surface area contributed by atoms with Crippen LogP contribution in [-0.2, 0) is 11.3 Å². The number of benzene rings is 1. The summed E-state index contributed by atoms with van der Waals surface area (Å²) in [5.41, 5.74) is 1.16. The van der Waals surface area contributed by atoms with Gasteiger partial charge in [0, 0.05) is 24.2 Å². The van der Waals surface area contributed by atoms with Gasteiger partial charge in [0.25, 0.3) is 0 Å². The van der Waals surface area contributed by atoms with Crippen molar-refractivity contribution >= 4 is 0 Å². The van der Waals surface area contributed by atoms with Crippen LogP contribution in [0.3, 0.4) is 0 Å². The Morgan fingerprint density at radius 3 is 2.79 bits per heavy atom. The van der Waals surface area contributed by atoms with Crippen molar-refractivity contribution in [3.05, 3.63) is 23.8 Å². The lowest BCUT2D eigenvalue weighted by atomic mass is 9.95. The summed E-state index contributed by atoms with van der Waals surface area (Å²) >= 11 is 0. The highest BCUT2D eigenvalue weighted by Gasteiger charge is 2.40. The van der Waals surface area contributed by atoms with Crippen LogP contribution < -0.4 is 14.8 Å². The van der Waals surface area contributed by atoms with Gasteiger partial charge < -0.3 is 19.5 Å². The molecular formula is C15H21NO3. The molecule has 1 aromatic carbocycles. The fourth-order valence-corrected chi connectivity index (χ4v) is 3.09. The van der Waals surface area contributed by atoms with E-state index in [0.717, 1.165) is 30.0 Å². The zero-order valence-electron chi connectivity index (χ0n) is 11.5. The third-order valence-corrected chi connectivity index (χ3v) is 4.15. The normalized spacial score (nSPS) is 28.6. The minimum Gasteiger partial charge on any atom is -0.497 e. The second-order valence-electron chi connectivity index (χ2n) is 5.27. The summed E-state index contributed by atoms with van der Waals surface area (Å²) in [5.74, 6) is 1.69. The van der Waals surface area contributed by atoms with Crippen LogP contribution in [0.25, 0.3) is 0 Å². The molecule has 2 aliphatic heterocycles. The highest BCUT2D eigenvalue weighted by atomic mass is 16.5. The van der Waals surface area contributed by atoms with E-state index < -0.39 is 0 Å². The van der Waals surface area contributed by atoms with Gasteiger partial charge in [-0.1, -0.05) is 6.07 Å². The number of ether oxygens (including phenoxy) is 3. The summed E-state index contributed by atoms with van der Waals surface area (Å²) in [4.78, 5) is 0. The van der Waals surface area contributed by atoms with E-state index in [1.807, 2.05) is 12.1 Å². The largest absolute Gasteiger partial charge is 0.497 e. The van der Waals surface area contributed by atoms with Gasteiger partial charge in [-0.2, -0.15) is 0 Å². The summed E-state index contributed by atoms with van der Waals surface area (Å²) in [6.07, 6.45) is 4.47. The average molecular weight is 263 g/mol. The van der Waals surface area contributed by atoms with Crippen LogP contribution in [-0.4, -0.2) is 32.5 Å². The monoisotopic (exact) mass is 263 g/mol. The Labute approximate surface area is 114 Å². The number of hydrogen-bond donors (Lipinski definition) is 1. The predicted molar refractivity (Wildman–Crippen MR) is 72.7 cm³/mol. The van der Waals surface area contributed by atoms with E-state index in [0.29, 0.717) is 18.2 Å². The van der Waals surface area contributed by atoms with E-state index in [1.165, 1.54) is 12.8 Å². The molecule has 19 heavy (non-hydrogen) atoms. The van der Waals surface area contributed by atoms with Crippen LogP contribution in [0.5, 0.6) is 11.5 Å². The van der Waals surface area contributed by atoms with Gasteiger partial charge in [0.2, 0.25) is 0 Å². The van der Waals surface area contributed by atoms with E-state index >= 15 is 0 Å². The van der Waals surface area contributed by atoms with Gasteiger partial charge in [-0.25, -0.2) is 0 Å².